The number of rotatable bonds is 7. The van der Waals surface area contributed by atoms with Gasteiger partial charge in [-0.25, -0.2) is 4.40 Å². The molecule has 0 bridgehead atoms. The first-order chi connectivity index (χ1) is 15.2. The molecule has 0 aliphatic carbocycles. The molecule has 4 rings (SSSR count). The molecule has 0 atom stereocenters. The Morgan fingerprint density at radius 1 is 0.968 bits per heavy atom. The third kappa shape index (κ3) is 6.44. The van der Waals surface area contributed by atoms with Crippen LogP contribution < -0.4 is 5.32 Å². The summed E-state index contributed by atoms with van der Waals surface area (Å²) in [7, 11) is 0. The van der Waals surface area contributed by atoms with E-state index in [2.05, 4.69) is 68.4 Å². The predicted molar refractivity (Wildman–Crippen MR) is 130 cm³/mol. The molecule has 0 aliphatic rings. The van der Waals surface area contributed by atoms with Crippen molar-refractivity contribution in [2.75, 3.05) is 6.67 Å². The number of benzene rings is 2. The van der Waals surface area contributed by atoms with Crippen molar-refractivity contribution in [2.45, 2.75) is 12.3 Å². The highest BCUT2D eigenvalue weighted by Crippen LogP contribution is 2.18. The van der Waals surface area contributed by atoms with Crippen molar-refractivity contribution in [1.82, 2.24) is 15.3 Å². The van der Waals surface area contributed by atoms with Crippen LogP contribution in [0.4, 0.5) is 0 Å². The van der Waals surface area contributed by atoms with Crippen molar-refractivity contribution < 1.29 is 0 Å². The first-order valence-corrected chi connectivity index (χ1v) is 10.5. The second-order valence-electron chi connectivity index (χ2n) is 6.60. The molecule has 0 saturated heterocycles. The lowest BCUT2D eigenvalue weighted by Crippen LogP contribution is -2.12. The first-order valence-electron chi connectivity index (χ1n) is 9.57. The summed E-state index contributed by atoms with van der Waals surface area (Å²) in [6, 6.07) is 19.9. The van der Waals surface area contributed by atoms with E-state index in [9.17, 15) is 0 Å². The van der Waals surface area contributed by atoms with Crippen LogP contribution in [0.15, 0.2) is 76.4 Å². The Morgan fingerprint density at radius 2 is 1.81 bits per heavy atom. The Bertz CT molecular complexity index is 1230. The van der Waals surface area contributed by atoms with E-state index in [-0.39, 0.29) is 0 Å². The van der Waals surface area contributed by atoms with Gasteiger partial charge in [0.2, 0.25) is 0 Å². The van der Waals surface area contributed by atoms with Crippen LogP contribution in [0.2, 0.25) is 0 Å². The molecule has 7 heteroatoms. The molecule has 31 heavy (non-hydrogen) atoms. The fourth-order valence-electron chi connectivity index (χ4n) is 2.95. The highest BCUT2D eigenvalue weighted by Gasteiger charge is 1.99. The number of nitrogens with zero attached hydrogens (tertiary/aromatic N) is 5. The third-order valence-corrected chi connectivity index (χ3v) is 5.06. The average molecular weight is 427 g/mol. The molecule has 0 radical (unpaired) electrons. The molecule has 0 spiro atoms. The van der Waals surface area contributed by atoms with Crippen LogP contribution in [-0.4, -0.2) is 30.1 Å². The van der Waals surface area contributed by atoms with Crippen molar-refractivity contribution in [3.63, 3.8) is 0 Å². The second kappa shape index (κ2) is 11.6. The van der Waals surface area contributed by atoms with E-state index in [4.69, 9.17) is 5.26 Å². The molecule has 6 nitrogen and oxygen atoms in total. The van der Waals surface area contributed by atoms with Gasteiger partial charge in [-0.05, 0) is 72.9 Å². The van der Waals surface area contributed by atoms with Crippen molar-refractivity contribution in [2.24, 2.45) is 9.39 Å². The summed E-state index contributed by atoms with van der Waals surface area (Å²) in [6.45, 7) is 8.08. The molecule has 0 saturated carbocycles. The normalized spacial score (nSPS) is 10.2. The molecule has 0 unspecified atom stereocenters. The zero-order valence-corrected chi connectivity index (χ0v) is 17.8. The molecular formula is C24H22N6S. The largest absolute Gasteiger partial charge is 0.294 e. The number of nitriles is 1. The summed E-state index contributed by atoms with van der Waals surface area (Å²) in [6.07, 6.45) is 3.61. The Labute approximate surface area is 185 Å². The standard InChI is InChI=1S/C13H12N4.C11H10N2S/c1-15-9-16-7-11-4-12-3-2-10(6-14)5-13(12)17-8-11;1-12-14-8-9-4-5-11-10(7-9)3-2-6-13-11/h2-5,8,16H,1,7,9H2;2-7H,1,8H2. The lowest BCUT2D eigenvalue weighted by atomic mass is 10.1. The zero-order chi connectivity index (χ0) is 21.9. The number of pyridine rings is 2. The van der Waals surface area contributed by atoms with E-state index >= 15 is 0 Å². The van der Waals surface area contributed by atoms with Crippen LogP contribution in [0.5, 0.6) is 0 Å². The van der Waals surface area contributed by atoms with Gasteiger partial charge in [-0.2, -0.15) is 5.26 Å². The Morgan fingerprint density at radius 3 is 2.61 bits per heavy atom. The van der Waals surface area contributed by atoms with Crippen LogP contribution in [-0.2, 0) is 12.3 Å². The highest BCUT2D eigenvalue weighted by molar-refractivity contribution is 7.97. The maximum Gasteiger partial charge on any atom is 0.0992 e. The van der Waals surface area contributed by atoms with E-state index in [0.717, 1.165) is 27.7 Å². The number of hydrogen-bond donors (Lipinski definition) is 1. The maximum absolute atomic E-state index is 8.79. The van der Waals surface area contributed by atoms with Gasteiger partial charge in [0.25, 0.3) is 0 Å². The molecule has 1 N–H and O–H groups in total. The summed E-state index contributed by atoms with van der Waals surface area (Å²) in [5.41, 5.74) is 4.85. The topological polar surface area (TPSA) is 86.3 Å². The van der Waals surface area contributed by atoms with E-state index in [1.165, 1.54) is 22.9 Å². The fourth-order valence-corrected chi connectivity index (χ4v) is 3.37. The van der Waals surface area contributed by atoms with Gasteiger partial charge in [-0.15, -0.1) is 0 Å². The van der Waals surface area contributed by atoms with E-state index in [1.807, 2.05) is 24.4 Å². The van der Waals surface area contributed by atoms with E-state index < -0.39 is 0 Å². The SMILES string of the molecule is C=NCNCc1cnc2cc(C#N)ccc2c1.C=NSCc1ccc2ncccc2c1. The predicted octanol–water partition coefficient (Wildman–Crippen LogP) is 4.94. The van der Waals surface area contributed by atoms with E-state index in [0.29, 0.717) is 18.8 Å². The van der Waals surface area contributed by atoms with Gasteiger partial charge >= 0.3 is 0 Å². The number of aliphatic imine (C=N–C) groups is 1. The minimum atomic E-state index is 0.533. The quantitative estimate of drug-likeness (QED) is 0.257. The molecule has 2 heterocycles. The van der Waals surface area contributed by atoms with Crippen LogP contribution >= 0.6 is 11.9 Å². The zero-order valence-electron chi connectivity index (χ0n) is 17.0. The van der Waals surface area contributed by atoms with Crippen LogP contribution in [0.1, 0.15) is 16.7 Å². The maximum atomic E-state index is 8.79. The Hall–Kier alpha value is -3.60. The van der Waals surface area contributed by atoms with Crippen molar-refractivity contribution in [3.05, 3.63) is 83.7 Å². The summed E-state index contributed by atoms with van der Waals surface area (Å²) < 4.78 is 3.76. The number of fused-ring (bicyclic) bond motifs is 2. The highest BCUT2D eigenvalue weighted by atomic mass is 32.2. The number of nitrogens with one attached hydrogen (secondary N) is 1. The molecule has 2 aromatic heterocycles. The Kier molecular flexibility index (Phi) is 8.23. The van der Waals surface area contributed by atoms with Crippen LogP contribution in [0.25, 0.3) is 21.8 Å². The molecule has 2 aromatic carbocycles. The van der Waals surface area contributed by atoms with Gasteiger partial charge in [-0.3, -0.25) is 20.3 Å². The van der Waals surface area contributed by atoms with Crippen molar-refractivity contribution >= 4 is 47.2 Å². The van der Waals surface area contributed by atoms with Gasteiger partial charge < -0.3 is 0 Å². The molecule has 154 valence electrons. The second-order valence-corrected chi connectivity index (χ2v) is 7.41. The number of aromatic nitrogens is 2. The Balaban J connectivity index is 0.000000179. The molecule has 0 aliphatic heterocycles. The smallest absolute Gasteiger partial charge is 0.0992 e. The molecule has 0 amide bonds. The summed E-state index contributed by atoms with van der Waals surface area (Å²) in [4.78, 5) is 12.3. The third-order valence-electron chi connectivity index (χ3n) is 4.41. The summed E-state index contributed by atoms with van der Waals surface area (Å²) in [5.74, 6) is 0.869. The first kappa shape index (κ1) is 22.1. The molecular weight excluding hydrogens is 404 g/mol. The molecule has 0 fully saturated rings. The fraction of sp³-hybridized carbons (Fsp3) is 0.125. The lowest BCUT2D eigenvalue weighted by molar-refractivity contribution is 0.712. The van der Waals surface area contributed by atoms with Gasteiger partial charge in [0.15, 0.2) is 0 Å². The minimum absolute atomic E-state index is 0.533. The van der Waals surface area contributed by atoms with E-state index in [1.54, 1.807) is 18.3 Å². The summed E-state index contributed by atoms with van der Waals surface area (Å²) in [5, 5.41) is 14.1. The van der Waals surface area contributed by atoms with Crippen LogP contribution in [0, 0.1) is 11.3 Å². The number of hydrogen-bond acceptors (Lipinski definition) is 7. The lowest BCUT2D eigenvalue weighted by Gasteiger charge is -2.03. The van der Waals surface area contributed by atoms with Gasteiger partial charge in [0.05, 0.1) is 29.3 Å². The van der Waals surface area contributed by atoms with Crippen molar-refractivity contribution in [3.8, 4) is 6.07 Å². The van der Waals surface area contributed by atoms with Crippen LogP contribution in [0.3, 0.4) is 0 Å². The average Bonchev–Trinajstić information content (AvgIpc) is 2.83. The monoisotopic (exact) mass is 426 g/mol. The van der Waals surface area contributed by atoms with Crippen molar-refractivity contribution in [1.29, 1.82) is 5.26 Å². The summed E-state index contributed by atoms with van der Waals surface area (Å²) >= 11 is 1.46. The van der Waals surface area contributed by atoms with Gasteiger partial charge in [-0.1, -0.05) is 18.2 Å². The van der Waals surface area contributed by atoms with Gasteiger partial charge in [0.1, 0.15) is 0 Å². The molecule has 4 aromatic rings. The minimum Gasteiger partial charge on any atom is -0.294 e. The van der Waals surface area contributed by atoms with Gasteiger partial charge in [0, 0.05) is 35.5 Å².